The second kappa shape index (κ2) is 21.3. The van der Waals surface area contributed by atoms with Gasteiger partial charge in [0.25, 0.3) is 0 Å². The van der Waals surface area contributed by atoms with Crippen LogP contribution in [-0.4, -0.2) is 68.8 Å². The summed E-state index contributed by atoms with van der Waals surface area (Å²) in [6, 6.07) is -0.865. The summed E-state index contributed by atoms with van der Waals surface area (Å²) in [5.74, 6) is 0.153. The maximum absolute atomic E-state index is 13.1. The Hall–Kier alpha value is -3.41. The highest BCUT2D eigenvalue weighted by Crippen LogP contribution is 2.16. The van der Waals surface area contributed by atoms with Crippen LogP contribution in [0.5, 0.6) is 0 Å². The normalized spacial score (nSPS) is 25.7. The average molecular weight is 629 g/mol. The molecule has 0 saturated carbocycles. The van der Waals surface area contributed by atoms with E-state index in [1.54, 1.807) is 0 Å². The van der Waals surface area contributed by atoms with Gasteiger partial charge in [-0.05, 0) is 70.5 Å². The fourth-order valence-corrected chi connectivity index (χ4v) is 5.22. The lowest BCUT2D eigenvalue weighted by molar-refractivity contribution is -0.120. The lowest BCUT2D eigenvalue weighted by Crippen LogP contribution is -2.49. The molecule has 1 aliphatic rings. The third-order valence-electron chi connectivity index (χ3n) is 7.86. The summed E-state index contributed by atoms with van der Waals surface area (Å²) in [6.45, 7) is 34.2. The quantitative estimate of drug-likeness (QED) is 0.181. The Labute approximate surface area is 273 Å². The minimum atomic E-state index is -0.305. The van der Waals surface area contributed by atoms with Crippen LogP contribution >= 0.6 is 0 Å². The Morgan fingerprint density at radius 3 is 1.62 bits per heavy atom. The van der Waals surface area contributed by atoms with Crippen LogP contribution < -0.4 is 54.4 Å². The Morgan fingerprint density at radius 2 is 1.13 bits per heavy atom. The van der Waals surface area contributed by atoms with E-state index in [2.05, 4.69) is 97.5 Å². The van der Waals surface area contributed by atoms with Crippen molar-refractivity contribution in [1.29, 1.82) is 0 Å². The van der Waals surface area contributed by atoms with E-state index in [-0.39, 0.29) is 42.7 Å². The van der Waals surface area contributed by atoms with Crippen molar-refractivity contribution in [2.45, 2.75) is 95.9 Å². The standard InChI is InChI=1S/C34H64N10O/c1-10-29-24(5)38-19-11-12-23(4)40-30(13-16-35)25(6)39-21-34(45)44-33(20-22(2)3)28(9)43-32(15-18-37)27(8)42-31(14-17-36)26(7)41-29/h22,29-33,38-43H,4-21,35-37H2,1-3H3,(H,44,45). The largest absolute Gasteiger partial charge is 0.387 e. The molecule has 0 radical (unpaired) electrons. The number of hydrogen-bond acceptors (Lipinski definition) is 10. The van der Waals surface area contributed by atoms with Gasteiger partial charge >= 0.3 is 0 Å². The van der Waals surface area contributed by atoms with Crippen molar-refractivity contribution in [2.75, 3.05) is 32.7 Å². The van der Waals surface area contributed by atoms with E-state index in [9.17, 15) is 4.79 Å². The molecule has 0 bridgehead atoms. The molecule has 1 saturated heterocycles. The van der Waals surface area contributed by atoms with Gasteiger partial charge in [0.05, 0.1) is 36.8 Å². The second-order valence-corrected chi connectivity index (χ2v) is 12.3. The average Bonchev–Trinajstić information content (AvgIpc) is 2.98. The van der Waals surface area contributed by atoms with Crippen LogP contribution in [0, 0.1) is 5.92 Å². The van der Waals surface area contributed by atoms with E-state index in [0.717, 1.165) is 48.6 Å². The number of nitrogens with one attached hydrogen (secondary N) is 7. The summed E-state index contributed by atoms with van der Waals surface area (Å²) in [6.07, 6.45) is 5.06. The zero-order valence-electron chi connectivity index (χ0n) is 28.3. The van der Waals surface area contributed by atoms with E-state index >= 15 is 0 Å². The predicted molar refractivity (Wildman–Crippen MR) is 190 cm³/mol. The molecule has 11 nitrogen and oxygen atoms in total. The number of carbonyl (C=O) groups excluding carboxylic acids is 1. The molecule has 1 amide bonds. The minimum Gasteiger partial charge on any atom is -0.387 e. The molecule has 0 aliphatic carbocycles. The molecule has 11 heteroatoms. The molecule has 0 aromatic carbocycles. The van der Waals surface area contributed by atoms with Crippen molar-refractivity contribution in [3.05, 3.63) is 73.7 Å². The number of amides is 1. The highest BCUT2D eigenvalue weighted by Gasteiger charge is 2.24. The predicted octanol–water partition coefficient (Wildman–Crippen LogP) is 1.86. The van der Waals surface area contributed by atoms with Crippen molar-refractivity contribution < 1.29 is 4.79 Å². The molecule has 1 rings (SSSR count). The summed E-state index contributed by atoms with van der Waals surface area (Å²) in [4.78, 5) is 13.1. The summed E-state index contributed by atoms with van der Waals surface area (Å²) < 4.78 is 0. The van der Waals surface area contributed by atoms with Gasteiger partial charge < -0.3 is 54.4 Å². The van der Waals surface area contributed by atoms with Gasteiger partial charge in [0.15, 0.2) is 0 Å². The molecule has 13 N–H and O–H groups in total. The zero-order valence-corrected chi connectivity index (χ0v) is 28.3. The van der Waals surface area contributed by atoms with Crippen LogP contribution in [-0.2, 0) is 4.79 Å². The van der Waals surface area contributed by atoms with Gasteiger partial charge in [-0.2, -0.15) is 0 Å². The SMILES string of the molecule is C=C1CCCNC(=C)C(CC)NC(=C)C(CCN)NC(=C)C(CCN)NC(=C)C(CC(C)C)NC(=O)CNC(=C)C(CCN)N1. The summed E-state index contributed by atoms with van der Waals surface area (Å²) >= 11 is 0. The van der Waals surface area contributed by atoms with E-state index in [1.165, 1.54) is 0 Å². The fraction of sp³-hybridized carbons (Fsp3) is 0.618. The molecular formula is C34H64N10O. The van der Waals surface area contributed by atoms with Crippen LogP contribution in [0.25, 0.3) is 0 Å². The van der Waals surface area contributed by atoms with Gasteiger partial charge in [0.2, 0.25) is 5.91 Å². The van der Waals surface area contributed by atoms with Crippen LogP contribution in [0.3, 0.4) is 0 Å². The molecule has 1 fully saturated rings. The maximum Gasteiger partial charge on any atom is 0.239 e. The first-order valence-electron chi connectivity index (χ1n) is 16.4. The highest BCUT2D eigenvalue weighted by molar-refractivity contribution is 5.79. The Bertz CT molecular complexity index is 1010. The van der Waals surface area contributed by atoms with Crippen LogP contribution in [0.2, 0.25) is 0 Å². The Kier molecular flexibility index (Phi) is 18.8. The molecule has 5 atom stereocenters. The van der Waals surface area contributed by atoms with Crippen molar-refractivity contribution in [3.63, 3.8) is 0 Å². The highest BCUT2D eigenvalue weighted by atomic mass is 16.2. The monoisotopic (exact) mass is 629 g/mol. The van der Waals surface area contributed by atoms with Gasteiger partial charge in [-0.15, -0.1) is 0 Å². The van der Waals surface area contributed by atoms with Crippen LogP contribution in [0.1, 0.15) is 65.7 Å². The number of hydrogen-bond donors (Lipinski definition) is 10. The lowest BCUT2D eigenvalue weighted by atomic mass is 10.00. The third kappa shape index (κ3) is 14.9. The van der Waals surface area contributed by atoms with E-state index < -0.39 is 0 Å². The minimum absolute atomic E-state index is 0.0164. The number of carbonyl (C=O) groups is 1. The summed E-state index contributed by atoms with van der Waals surface area (Å²) in [7, 11) is 0. The second-order valence-electron chi connectivity index (χ2n) is 12.3. The Balaban J connectivity index is 3.32. The van der Waals surface area contributed by atoms with Gasteiger partial charge in [0, 0.05) is 40.7 Å². The Morgan fingerprint density at radius 1 is 0.667 bits per heavy atom. The van der Waals surface area contributed by atoms with Gasteiger partial charge in [-0.3, -0.25) is 4.79 Å². The molecule has 45 heavy (non-hydrogen) atoms. The van der Waals surface area contributed by atoms with Crippen molar-refractivity contribution >= 4 is 5.91 Å². The summed E-state index contributed by atoms with van der Waals surface area (Å²) in [5.41, 5.74) is 22.6. The fourth-order valence-electron chi connectivity index (χ4n) is 5.22. The van der Waals surface area contributed by atoms with Gasteiger partial charge in [-0.1, -0.05) is 60.2 Å². The number of nitrogens with two attached hydrogens (primary N) is 3. The third-order valence-corrected chi connectivity index (χ3v) is 7.86. The first kappa shape index (κ1) is 39.6. The van der Waals surface area contributed by atoms with Gasteiger partial charge in [-0.25, -0.2) is 0 Å². The molecule has 5 unspecified atom stereocenters. The smallest absolute Gasteiger partial charge is 0.239 e. The lowest BCUT2D eigenvalue weighted by Gasteiger charge is -2.33. The van der Waals surface area contributed by atoms with E-state index in [1.807, 2.05) is 0 Å². The number of rotatable bonds is 9. The molecule has 0 spiro atoms. The van der Waals surface area contributed by atoms with E-state index in [0.29, 0.717) is 62.6 Å². The van der Waals surface area contributed by atoms with E-state index in [4.69, 9.17) is 17.2 Å². The zero-order chi connectivity index (χ0) is 33.9. The van der Waals surface area contributed by atoms with Crippen molar-refractivity contribution in [1.82, 2.24) is 37.2 Å². The first-order valence-corrected chi connectivity index (χ1v) is 16.4. The maximum atomic E-state index is 13.1. The summed E-state index contributed by atoms with van der Waals surface area (Å²) in [5, 5.41) is 23.8. The molecule has 0 aromatic heterocycles. The first-order chi connectivity index (χ1) is 21.4. The molecular weight excluding hydrogens is 564 g/mol. The van der Waals surface area contributed by atoms with Crippen LogP contribution in [0.4, 0.5) is 0 Å². The molecule has 0 aromatic rings. The topological polar surface area (TPSA) is 179 Å². The molecule has 256 valence electrons. The molecule has 1 heterocycles. The molecule has 1 aliphatic heterocycles. The number of allylic oxidation sites excluding steroid dienone is 1. The van der Waals surface area contributed by atoms with Crippen LogP contribution in [0.15, 0.2) is 73.7 Å². The van der Waals surface area contributed by atoms with Crippen molar-refractivity contribution in [2.24, 2.45) is 23.1 Å². The van der Waals surface area contributed by atoms with Gasteiger partial charge in [0.1, 0.15) is 0 Å². The van der Waals surface area contributed by atoms with Crippen molar-refractivity contribution in [3.8, 4) is 0 Å².